The summed E-state index contributed by atoms with van der Waals surface area (Å²) in [6, 6.07) is 4.04. The van der Waals surface area contributed by atoms with Gasteiger partial charge in [0.05, 0.1) is 11.3 Å². The molecule has 1 aromatic heterocycles. The predicted molar refractivity (Wildman–Crippen MR) is 75.8 cm³/mol. The molecule has 1 atom stereocenters. The number of rotatable bonds is 4. The van der Waals surface area contributed by atoms with E-state index in [1.807, 2.05) is 0 Å². The van der Waals surface area contributed by atoms with Crippen molar-refractivity contribution in [1.82, 2.24) is 15.5 Å². The lowest BCUT2D eigenvalue weighted by Gasteiger charge is -2.10. The quantitative estimate of drug-likeness (QED) is 0.805. The average Bonchev–Trinajstić information content (AvgIpc) is 2.86. The Hall–Kier alpha value is -2.77. The SMILES string of the molecule is CC(=O)N[C@@H](C)C(=O)Nc1cc(-c2c(F)cccc2F)[nH]n1. The average molecular weight is 308 g/mol. The largest absolute Gasteiger partial charge is 0.345 e. The lowest BCUT2D eigenvalue weighted by molar-refractivity contribution is -0.124. The summed E-state index contributed by atoms with van der Waals surface area (Å²) in [6.07, 6.45) is 0. The molecule has 1 aromatic carbocycles. The van der Waals surface area contributed by atoms with Gasteiger partial charge in [-0.25, -0.2) is 8.78 Å². The molecule has 8 heteroatoms. The number of anilines is 1. The van der Waals surface area contributed by atoms with Crippen molar-refractivity contribution < 1.29 is 18.4 Å². The number of aromatic amines is 1. The van der Waals surface area contributed by atoms with E-state index in [0.29, 0.717) is 0 Å². The van der Waals surface area contributed by atoms with Gasteiger partial charge in [0.1, 0.15) is 17.7 Å². The fourth-order valence-electron chi connectivity index (χ4n) is 1.87. The van der Waals surface area contributed by atoms with Crippen molar-refractivity contribution >= 4 is 17.6 Å². The first kappa shape index (κ1) is 15.6. The number of carbonyl (C=O) groups is 2. The summed E-state index contributed by atoms with van der Waals surface area (Å²) in [4.78, 5) is 22.7. The van der Waals surface area contributed by atoms with Crippen LogP contribution in [0.1, 0.15) is 13.8 Å². The van der Waals surface area contributed by atoms with Gasteiger partial charge in [-0.3, -0.25) is 14.7 Å². The van der Waals surface area contributed by atoms with Gasteiger partial charge < -0.3 is 10.6 Å². The third-order valence-electron chi connectivity index (χ3n) is 2.87. The van der Waals surface area contributed by atoms with Crippen molar-refractivity contribution in [2.24, 2.45) is 0 Å². The van der Waals surface area contributed by atoms with E-state index < -0.39 is 23.6 Å². The lowest BCUT2D eigenvalue weighted by atomic mass is 10.1. The third kappa shape index (κ3) is 3.46. The minimum Gasteiger partial charge on any atom is -0.345 e. The van der Waals surface area contributed by atoms with Crippen molar-refractivity contribution in [3.63, 3.8) is 0 Å². The molecule has 0 aliphatic heterocycles. The summed E-state index contributed by atoms with van der Waals surface area (Å²) in [7, 11) is 0. The van der Waals surface area contributed by atoms with Crippen LogP contribution in [0.2, 0.25) is 0 Å². The number of amides is 2. The zero-order chi connectivity index (χ0) is 16.3. The number of nitrogens with one attached hydrogen (secondary N) is 3. The van der Waals surface area contributed by atoms with E-state index in [1.54, 1.807) is 0 Å². The van der Waals surface area contributed by atoms with Gasteiger partial charge >= 0.3 is 0 Å². The third-order valence-corrected chi connectivity index (χ3v) is 2.87. The van der Waals surface area contributed by atoms with Crippen LogP contribution < -0.4 is 10.6 Å². The monoisotopic (exact) mass is 308 g/mol. The fourth-order valence-corrected chi connectivity index (χ4v) is 1.87. The summed E-state index contributed by atoms with van der Waals surface area (Å²) in [5, 5.41) is 11.1. The highest BCUT2D eigenvalue weighted by Gasteiger charge is 2.17. The van der Waals surface area contributed by atoms with Gasteiger partial charge in [0.2, 0.25) is 11.8 Å². The second kappa shape index (κ2) is 6.33. The molecule has 0 radical (unpaired) electrons. The Morgan fingerprint density at radius 3 is 2.50 bits per heavy atom. The number of nitrogens with zero attached hydrogens (tertiary/aromatic N) is 1. The van der Waals surface area contributed by atoms with Crippen molar-refractivity contribution in [2.75, 3.05) is 5.32 Å². The van der Waals surface area contributed by atoms with Gasteiger partial charge in [-0.1, -0.05) is 6.07 Å². The molecule has 2 amide bonds. The number of aromatic nitrogens is 2. The van der Waals surface area contributed by atoms with E-state index >= 15 is 0 Å². The van der Waals surface area contributed by atoms with Crippen LogP contribution >= 0.6 is 0 Å². The highest BCUT2D eigenvalue weighted by Crippen LogP contribution is 2.25. The second-order valence-corrected chi connectivity index (χ2v) is 4.67. The maximum absolute atomic E-state index is 13.7. The topological polar surface area (TPSA) is 86.9 Å². The summed E-state index contributed by atoms with van der Waals surface area (Å²) < 4.78 is 27.3. The predicted octanol–water partition coefficient (Wildman–Crippen LogP) is 1.82. The van der Waals surface area contributed by atoms with Crippen LogP contribution in [0.5, 0.6) is 0 Å². The van der Waals surface area contributed by atoms with Gasteiger partial charge in [0.25, 0.3) is 0 Å². The summed E-state index contributed by atoms with van der Waals surface area (Å²) in [6.45, 7) is 2.79. The Kier molecular flexibility index (Phi) is 4.50. The highest BCUT2D eigenvalue weighted by atomic mass is 19.1. The van der Waals surface area contributed by atoms with Crippen LogP contribution in [0.4, 0.5) is 14.6 Å². The molecule has 0 unspecified atom stereocenters. The normalized spacial score (nSPS) is 11.8. The van der Waals surface area contributed by atoms with E-state index in [2.05, 4.69) is 20.8 Å². The molecule has 2 rings (SSSR count). The maximum atomic E-state index is 13.7. The Bertz CT molecular complexity index is 694. The van der Waals surface area contributed by atoms with Crippen LogP contribution in [0.25, 0.3) is 11.3 Å². The van der Waals surface area contributed by atoms with Crippen LogP contribution in [0.3, 0.4) is 0 Å². The Morgan fingerprint density at radius 1 is 1.27 bits per heavy atom. The molecule has 2 aromatic rings. The van der Waals surface area contributed by atoms with Crippen molar-refractivity contribution in [3.05, 3.63) is 35.9 Å². The lowest BCUT2D eigenvalue weighted by Crippen LogP contribution is -2.40. The molecule has 6 nitrogen and oxygen atoms in total. The molecule has 0 saturated heterocycles. The van der Waals surface area contributed by atoms with E-state index in [4.69, 9.17) is 0 Å². The number of hydrogen-bond acceptors (Lipinski definition) is 3. The number of halogens is 2. The van der Waals surface area contributed by atoms with Gasteiger partial charge in [0.15, 0.2) is 5.82 Å². The second-order valence-electron chi connectivity index (χ2n) is 4.67. The Balaban J connectivity index is 2.15. The molecule has 0 fully saturated rings. The molecule has 0 bridgehead atoms. The molecule has 3 N–H and O–H groups in total. The van der Waals surface area contributed by atoms with E-state index in [-0.39, 0.29) is 23.0 Å². The number of H-pyrrole nitrogens is 1. The van der Waals surface area contributed by atoms with E-state index in [9.17, 15) is 18.4 Å². The highest BCUT2D eigenvalue weighted by molar-refractivity contribution is 5.96. The smallest absolute Gasteiger partial charge is 0.247 e. The van der Waals surface area contributed by atoms with Gasteiger partial charge in [-0.2, -0.15) is 5.10 Å². The van der Waals surface area contributed by atoms with Crippen molar-refractivity contribution in [3.8, 4) is 11.3 Å². The first-order valence-electron chi connectivity index (χ1n) is 6.46. The standard InChI is InChI=1S/C14H14F2N4O2/c1-7(17-8(2)21)14(22)18-12-6-11(19-20-12)13-9(15)4-3-5-10(13)16/h3-7H,1-2H3,(H,17,21)(H2,18,19,20,22)/t7-/m0/s1. The maximum Gasteiger partial charge on any atom is 0.247 e. The molecular formula is C14H14F2N4O2. The number of hydrogen-bond donors (Lipinski definition) is 3. The molecule has 22 heavy (non-hydrogen) atoms. The fraction of sp³-hybridized carbons (Fsp3) is 0.214. The molecule has 1 heterocycles. The zero-order valence-electron chi connectivity index (χ0n) is 11.9. The summed E-state index contributed by atoms with van der Waals surface area (Å²) >= 11 is 0. The van der Waals surface area contributed by atoms with Gasteiger partial charge in [-0.05, 0) is 19.1 Å². The number of carbonyl (C=O) groups excluding carboxylic acids is 2. The van der Waals surface area contributed by atoms with Crippen molar-refractivity contribution in [2.45, 2.75) is 19.9 Å². The van der Waals surface area contributed by atoms with Crippen molar-refractivity contribution in [1.29, 1.82) is 0 Å². The molecule has 0 aliphatic carbocycles. The molecule has 0 spiro atoms. The Labute approximate surface area is 124 Å². The molecule has 0 saturated carbocycles. The van der Waals surface area contributed by atoms with Crippen LogP contribution in [-0.4, -0.2) is 28.1 Å². The molecular weight excluding hydrogens is 294 g/mol. The molecule has 116 valence electrons. The minimum atomic E-state index is -0.761. The number of benzene rings is 1. The first-order valence-corrected chi connectivity index (χ1v) is 6.46. The van der Waals surface area contributed by atoms with Crippen LogP contribution in [0, 0.1) is 11.6 Å². The summed E-state index contributed by atoms with van der Waals surface area (Å²) in [5.41, 5.74) is -0.163. The van der Waals surface area contributed by atoms with Gasteiger partial charge in [-0.15, -0.1) is 0 Å². The van der Waals surface area contributed by atoms with E-state index in [1.165, 1.54) is 26.0 Å². The first-order chi connectivity index (χ1) is 10.4. The summed E-state index contributed by atoms with van der Waals surface area (Å²) in [5.74, 6) is -2.23. The van der Waals surface area contributed by atoms with Gasteiger partial charge in [0, 0.05) is 13.0 Å². The molecule has 0 aliphatic rings. The minimum absolute atomic E-state index is 0.0954. The van der Waals surface area contributed by atoms with Crippen LogP contribution in [-0.2, 0) is 9.59 Å². The van der Waals surface area contributed by atoms with E-state index in [0.717, 1.165) is 12.1 Å². The zero-order valence-corrected chi connectivity index (χ0v) is 11.9. The van der Waals surface area contributed by atoms with Crippen LogP contribution in [0.15, 0.2) is 24.3 Å². The Morgan fingerprint density at radius 2 is 1.91 bits per heavy atom.